The van der Waals surface area contributed by atoms with Gasteiger partial charge in [-0.05, 0) is 46.3 Å². The quantitative estimate of drug-likeness (QED) is 0.905. The number of aromatic nitrogens is 1. The first-order valence-electron chi connectivity index (χ1n) is 5.44. The predicted octanol–water partition coefficient (Wildman–Crippen LogP) is 3.29. The van der Waals surface area contributed by atoms with Crippen molar-refractivity contribution in [1.82, 2.24) is 4.98 Å². The van der Waals surface area contributed by atoms with Gasteiger partial charge in [0.15, 0.2) is 0 Å². The molecule has 0 aliphatic heterocycles. The monoisotopic (exact) mass is 324 g/mol. The Hall–Kier alpha value is -1.95. The van der Waals surface area contributed by atoms with Crippen LogP contribution < -0.4 is 5.32 Å². The van der Waals surface area contributed by atoms with Gasteiger partial charge in [-0.25, -0.2) is 14.2 Å². The molecule has 2 rings (SSSR count). The van der Waals surface area contributed by atoms with Gasteiger partial charge in [-0.3, -0.25) is 0 Å². The molecule has 0 fully saturated rings. The second kappa shape index (κ2) is 5.79. The van der Waals surface area contributed by atoms with Crippen molar-refractivity contribution in [3.05, 3.63) is 58.1 Å². The normalized spacial score (nSPS) is 10.2. The summed E-state index contributed by atoms with van der Waals surface area (Å²) in [5, 5.41) is 11.9. The molecule has 0 spiro atoms. The maximum Gasteiger partial charge on any atom is 0.354 e. The smallest absolute Gasteiger partial charge is 0.354 e. The molecular formula is C13H10BrFN2O2. The fraction of sp³-hybridized carbons (Fsp3) is 0.0769. The summed E-state index contributed by atoms with van der Waals surface area (Å²) in [6.45, 7) is 0.353. The van der Waals surface area contributed by atoms with Gasteiger partial charge in [0, 0.05) is 10.2 Å². The lowest BCUT2D eigenvalue weighted by molar-refractivity contribution is 0.0690. The molecule has 1 aromatic heterocycles. The molecule has 0 atom stereocenters. The van der Waals surface area contributed by atoms with Crippen LogP contribution in [0.5, 0.6) is 0 Å². The minimum absolute atomic E-state index is 0.00234. The molecule has 19 heavy (non-hydrogen) atoms. The van der Waals surface area contributed by atoms with Gasteiger partial charge in [-0.1, -0.05) is 6.07 Å². The molecule has 0 saturated carbocycles. The lowest BCUT2D eigenvalue weighted by Gasteiger charge is -2.08. The van der Waals surface area contributed by atoms with Gasteiger partial charge in [-0.2, -0.15) is 0 Å². The van der Waals surface area contributed by atoms with E-state index in [1.165, 1.54) is 18.2 Å². The molecule has 2 aromatic rings. The van der Waals surface area contributed by atoms with Crippen LogP contribution in [-0.4, -0.2) is 16.1 Å². The Labute approximate surface area is 117 Å². The molecule has 0 aliphatic rings. The van der Waals surface area contributed by atoms with E-state index in [0.717, 1.165) is 0 Å². The van der Waals surface area contributed by atoms with Crippen molar-refractivity contribution >= 4 is 27.6 Å². The van der Waals surface area contributed by atoms with Gasteiger partial charge >= 0.3 is 5.97 Å². The van der Waals surface area contributed by atoms with Gasteiger partial charge in [0.1, 0.15) is 11.5 Å². The first-order chi connectivity index (χ1) is 9.06. The van der Waals surface area contributed by atoms with E-state index in [4.69, 9.17) is 5.11 Å². The molecule has 0 saturated heterocycles. The standard InChI is InChI=1S/C13H10BrFN2O2/c14-10-6-8(15)4-5-11(10)16-7-9-2-1-3-12(17-9)13(18)19/h1-6,16H,7H2,(H,18,19). The average molecular weight is 325 g/mol. The van der Waals surface area contributed by atoms with E-state index >= 15 is 0 Å². The zero-order chi connectivity index (χ0) is 13.8. The van der Waals surface area contributed by atoms with Gasteiger partial charge in [0.05, 0.1) is 12.2 Å². The van der Waals surface area contributed by atoms with E-state index in [-0.39, 0.29) is 11.5 Å². The van der Waals surface area contributed by atoms with Crippen molar-refractivity contribution in [2.24, 2.45) is 0 Å². The number of anilines is 1. The minimum atomic E-state index is -1.06. The summed E-state index contributed by atoms with van der Waals surface area (Å²) >= 11 is 3.24. The van der Waals surface area contributed by atoms with E-state index in [1.807, 2.05) is 0 Å². The minimum Gasteiger partial charge on any atom is -0.477 e. The Bertz CT molecular complexity index is 619. The SMILES string of the molecule is O=C(O)c1cccc(CNc2ccc(F)cc2Br)n1. The highest BCUT2D eigenvalue weighted by Gasteiger charge is 2.06. The molecule has 1 aromatic carbocycles. The van der Waals surface area contributed by atoms with Crippen LogP contribution in [0.2, 0.25) is 0 Å². The van der Waals surface area contributed by atoms with Crippen LogP contribution in [0.4, 0.5) is 10.1 Å². The molecule has 0 radical (unpaired) electrons. The second-order valence-electron chi connectivity index (χ2n) is 3.80. The zero-order valence-corrected chi connectivity index (χ0v) is 11.3. The number of carbonyl (C=O) groups is 1. The number of hydrogen-bond donors (Lipinski definition) is 2. The highest BCUT2D eigenvalue weighted by Crippen LogP contribution is 2.23. The number of rotatable bonds is 4. The zero-order valence-electron chi connectivity index (χ0n) is 9.73. The predicted molar refractivity (Wildman–Crippen MR) is 72.6 cm³/mol. The summed E-state index contributed by atoms with van der Waals surface area (Å²) in [5.41, 5.74) is 1.30. The first kappa shape index (κ1) is 13.5. The van der Waals surface area contributed by atoms with E-state index in [1.54, 1.807) is 18.2 Å². The highest BCUT2D eigenvalue weighted by atomic mass is 79.9. The largest absolute Gasteiger partial charge is 0.477 e. The Balaban J connectivity index is 2.10. The molecule has 4 nitrogen and oxygen atoms in total. The second-order valence-corrected chi connectivity index (χ2v) is 4.65. The molecular weight excluding hydrogens is 315 g/mol. The fourth-order valence-electron chi connectivity index (χ4n) is 1.52. The molecule has 98 valence electrons. The van der Waals surface area contributed by atoms with Crippen LogP contribution in [-0.2, 0) is 6.54 Å². The maximum atomic E-state index is 12.9. The van der Waals surface area contributed by atoms with Crippen LogP contribution in [0.15, 0.2) is 40.9 Å². The molecule has 0 amide bonds. The Kier molecular flexibility index (Phi) is 4.11. The summed E-state index contributed by atoms with van der Waals surface area (Å²) in [4.78, 5) is 14.8. The molecule has 1 heterocycles. The summed E-state index contributed by atoms with van der Waals surface area (Å²) < 4.78 is 13.5. The van der Waals surface area contributed by atoms with Crippen molar-refractivity contribution in [2.75, 3.05) is 5.32 Å². The third-order valence-corrected chi connectivity index (χ3v) is 3.07. The van der Waals surface area contributed by atoms with Crippen LogP contribution in [0.3, 0.4) is 0 Å². The van der Waals surface area contributed by atoms with Gasteiger partial charge in [-0.15, -0.1) is 0 Å². The van der Waals surface area contributed by atoms with Crippen LogP contribution in [0.1, 0.15) is 16.2 Å². The van der Waals surface area contributed by atoms with Crippen molar-refractivity contribution in [3.63, 3.8) is 0 Å². The number of nitrogens with one attached hydrogen (secondary N) is 1. The fourth-order valence-corrected chi connectivity index (χ4v) is 2.01. The topological polar surface area (TPSA) is 62.2 Å². The number of nitrogens with zero attached hydrogens (tertiary/aromatic N) is 1. The number of pyridine rings is 1. The van der Waals surface area contributed by atoms with Crippen molar-refractivity contribution in [3.8, 4) is 0 Å². The van der Waals surface area contributed by atoms with E-state index in [0.29, 0.717) is 22.4 Å². The number of hydrogen-bond acceptors (Lipinski definition) is 3. The number of benzene rings is 1. The lowest BCUT2D eigenvalue weighted by Crippen LogP contribution is -2.06. The Morgan fingerprint density at radius 1 is 1.37 bits per heavy atom. The van der Waals surface area contributed by atoms with Gasteiger partial charge < -0.3 is 10.4 Å². The average Bonchev–Trinajstić information content (AvgIpc) is 2.38. The highest BCUT2D eigenvalue weighted by molar-refractivity contribution is 9.10. The third kappa shape index (κ3) is 3.51. The number of aromatic carboxylic acids is 1. The third-order valence-electron chi connectivity index (χ3n) is 2.42. The van der Waals surface area contributed by atoms with Gasteiger partial charge in [0.2, 0.25) is 0 Å². The molecule has 0 bridgehead atoms. The molecule has 0 unspecified atom stereocenters. The molecule has 2 N–H and O–H groups in total. The van der Waals surface area contributed by atoms with Crippen LogP contribution >= 0.6 is 15.9 Å². The summed E-state index contributed by atoms with van der Waals surface area (Å²) in [7, 11) is 0. The van der Waals surface area contributed by atoms with Crippen molar-refractivity contribution in [2.45, 2.75) is 6.54 Å². The molecule has 6 heteroatoms. The summed E-state index contributed by atoms with van der Waals surface area (Å²) in [5.74, 6) is -1.40. The van der Waals surface area contributed by atoms with E-state index in [9.17, 15) is 9.18 Å². The van der Waals surface area contributed by atoms with Crippen LogP contribution in [0.25, 0.3) is 0 Å². The van der Waals surface area contributed by atoms with Gasteiger partial charge in [0.25, 0.3) is 0 Å². The Morgan fingerprint density at radius 3 is 2.84 bits per heavy atom. The van der Waals surface area contributed by atoms with Crippen molar-refractivity contribution in [1.29, 1.82) is 0 Å². The van der Waals surface area contributed by atoms with E-state index < -0.39 is 5.97 Å². The van der Waals surface area contributed by atoms with Crippen molar-refractivity contribution < 1.29 is 14.3 Å². The van der Waals surface area contributed by atoms with E-state index in [2.05, 4.69) is 26.2 Å². The Morgan fingerprint density at radius 2 is 2.16 bits per heavy atom. The maximum absolute atomic E-state index is 12.9. The summed E-state index contributed by atoms with van der Waals surface area (Å²) in [6, 6.07) is 9.07. The first-order valence-corrected chi connectivity index (χ1v) is 6.24. The number of carboxylic acids is 1. The number of halogens is 2. The van der Waals surface area contributed by atoms with Crippen LogP contribution in [0, 0.1) is 5.82 Å². The summed E-state index contributed by atoms with van der Waals surface area (Å²) in [6.07, 6.45) is 0. The number of carboxylic acid groups (broad SMARTS) is 1. The molecule has 0 aliphatic carbocycles. The lowest BCUT2D eigenvalue weighted by atomic mass is 10.2.